The van der Waals surface area contributed by atoms with Crippen molar-refractivity contribution in [3.05, 3.63) is 65.5 Å². The van der Waals surface area contributed by atoms with Gasteiger partial charge in [-0.3, -0.25) is 14.6 Å². The van der Waals surface area contributed by atoms with E-state index >= 15 is 0 Å². The second-order valence-corrected chi connectivity index (χ2v) is 5.90. The first-order chi connectivity index (χ1) is 12.0. The van der Waals surface area contributed by atoms with Gasteiger partial charge in [-0.05, 0) is 31.0 Å². The Balaban J connectivity index is 1.67. The number of amides is 2. The van der Waals surface area contributed by atoms with E-state index in [9.17, 15) is 18.4 Å². The van der Waals surface area contributed by atoms with E-state index in [0.717, 1.165) is 12.1 Å². The second kappa shape index (κ2) is 7.38. The van der Waals surface area contributed by atoms with Crippen molar-refractivity contribution in [2.24, 2.45) is 0 Å². The van der Waals surface area contributed by atoms with Crippen LogP contribution in [-0.4, -0.2) is 34.3 Å². The van der Waals surface area contributed by atoms with Gasteiger partial charge in [0.05, 0.1) is 0 Å². The molecule has 1 aliphatic heterocycles. The van der Waals surface area contributed by atoms with E-state index in [2.05, 4.69) is 10.3 Å². The number of nitrogens with one attached hydrogen (secondary N) is 1. The predicted octanol–water partition coefficient (Wildman–Crippen LogP) is 2.28. The standard InChI is InChI=1S/C18H17F2N3O2/c19-14-4-3-13(15(20)10-14)11-23-9-1-2-16(18(23)25)22-17(24)12-5-7-21-8-6-12/h3-8,10,16H,1-2,9,11H2,(H,22,24). The molecule has 25 heavy (non-hydrogen) atoms. The average molecular weight is 345 g/mol. The van der Waals surface area contributed by atoms with Crippen molar-refractivity contribution in [3.63, 3.8) is 0 Å². The van der Waals surface area contributed by atoms with Crippen molar-refractivity contribution in [2.45, 2.75) is 25.4 Å². The lowest BCUT2D eigenvalue weighted by molar-refractivity contribution is -0.136. The molecule has 1 saturated heterocycles. The predicted molar refractivity (Wildman–Crippen MR) is 86.5 cm³/mol. The van der Waals surface area contributed by atoms with E-state index in [1.165, 1.54) is 23.4 Å². The molecule has 1 fully saturated rings. The number of rotatable bonds is 4. The van der Waals surface area contributed by atoms with Crippen molar-refractivity contribution in [1.29, 1.82) is 0 Å². The summed E-state index contributed by atoms with van der Waals surface area (Å²) in [4.78, 5) is 30.1. The molecule has 1 unspecified atom stereocenters. The van der Waals surface area contributed by atoms with Crippen LogP contribution in [0.4, 0.5) is 8.78 Å². The van der Waals surface area contributed by atoms with Crippen LogP contribution < -0.4 is 5.32 Å². The second-order valence-electron chi connectivity index (χ2n) is 5.90. The first-order valence-electron chi connectivity index (χ1n) is 7.98. The SMILES string of the molecule is O=C(NC1CCCN(Cc2ccc(F)cc2F)C1=O)c1ccncc1. The third-order valence-electron chi connectivity index (χ3n) is 4.15. The van der Waals surface area contributed by atoms with Crippen molar-refractivity contribution in [2.75, 3.05) is 6.54 Å². The van der Waals surface area contributed by atoms with E-state index < -0.39 is 17.7 Å². The summed E-state index contributed by atoms with van der Waals surface area (Å²) in [6.45, 7) is 0.518. The minimum atomic E-state index is -0.684. The molecule has 5 nitrogen and oxygen atoms in total. The zero-order valence-corrected chi connectivity index (χ0v) is 13.4. The summed E-state index contributed by atoms with van der Waals surface area (Å²) in [6, 6.07) is 5.76. The number of benzene rings is 1. The molecule has 1 aliphatic rings. The Morgan fingerprint density at radius 1 is 1.24 bits per heavy atom. The van der Waals surface area contributed by atoms with Crippen LogP contribution in [-0.2, 0) is 11.3 Å². The number of piperidine rings is 1. The molecule has 1 N–H and O–H groups in total. The molecule has 1 aromatic heterocycles. The molecule has 0 saturated carbocycles. The third-order valence-corrected chi connectivity index (χ3v) is 4.15. The van der Waals surface area contributed by atoms with Gasteiger partial charge in [-0.25, -0.2) is 8.78 Å². The summed E-state index contributed by atoms with van der Waals surface area (Å²) < 4.78 is 26.8. The van der Waals surface area contributed by atoms with Gasteiger partial charge in [0.25, 0.3) is 5.91 Å². The number of carbonyl (C=O) groups is 2. The average Bonchev–Trinajstić information content (AvgIpc) is 2.61. The third kappa shape index (κ3) is 3.99. The van der Waals surface area contributed by atoms with Crippen LogP contribution >= 0.6 is 0 Å². The molecule has 2 aromatic rings. The Kier molecular flexibility index (Phi) is 5.02. The zero-order chi connectivity index (χ0) is 17.8. The number of pyridine rings is 1. The lowest BCUT2D eigenvalue weighted by Gasteiger charge is -2.32. The fraction of sp³-hybridized carbons (Fsp3) is 0.278. The molecule has 130 valence electrons. The van der Waals surface area contributed by atoms with Crippen molar-refractivity contribution < 1.29 is 18.4 Å². The molecule has 0 bridgehead atoms. The molecule has 0 aliphatic carbocycles. The molecule has 0 spiro atoms. The highest BCUT2D eigenvalue weighted by Crippen LogP contribution is 2.18. The highest BCUT2D eigenvalue weighted by Gasteiger charge is 2.30. The van der Waals surface area contributed by atoms with Crippen LogP contribution in [0.1, 0.15) is 28.8 Å². The number of aromatic nitrogens is 1. The monoisotopic (exact) mass is 345 g/mol. The Labute approximate surface area is 143 Å². The first-order valence-corrected chi connectivity index (χ1v) is 7.98. The summed E-state index contributed by atoms with van der Waals surface area (Å²) in [5, 5.41) is 2.71. The fourth-order valence-electron chi connectivity index (χ4n) is 2.83. The van der Waals surface area contributed by atoms with Gasteiger partial charge >= 0.3 is 0 Å². The highest BCUT2D eigenvalue weighted by atomic mass is 19.1. The quantitative estimate of drug-likeness (QED) is 0.925. The molecule has 0 radical (unpaired) electrons. The van der Waals surface area contributed by atoms with E-state index in [1.54, 1.807) is 12.1 Å². The topological polar surface area (TPSA) is 62.3 Å². The largest absolute Gasteiger partial charge is 0.340 e. The number of hydrogen-bond donors (Lipinski definition) is 1. The number of hydrogen-bond acceptors (Lipinski definition) is 3. The molecule has 2 amide bonds. The van der Waals surface area contributed by atoms with Gasteiger partial charge in [-0.2, -0.15) is 0 Å². The van der Waals surface area contributed by atoms with Crippen molar-refractivity contribution in [1.82, 2.24) is 15.2 Å². The minimum absolute atomic E-state index is 0.0482. The number of likely N-dealkylation sites (tertiary alicyclic amines) is 1. The van der Waals surface area contributed by atoms with Crippen LogP contribution in [0.25, 0.3) is 0 Å². The molecular weight excluding hydrogens is 328 g/mol. The zero-order valence-electron chi connectivity index (χ0n) is 13.4. The smallest absolute Gasteiger partial charge is 0.252 e. The van der Waals surface area contributed by atoms with Crippen LogP contribution in [0.2, 0.25) is 0 Å². The Hall–Kier alpha value is -2.83. The molecular formula is C18H17F2N3O2. The van der Waals surface area contributed by atoms with Crippen LogP contribution in [0.15, 0.2) is 42.7 Å². The van der Waals surface area contributed by atoms with Gasteiger partial charge in [-0.1, -0.05) is 6.07 Å². The Morgan fingerprint density at radius 2 is 2.00 bits per heavy atom. The molecule has 1 atom stereocenters. The summed E-state index contributed by atoms with van der Waals surface area (Å²) in [7, 11) is 0. The maximum Gasteiger partial charge on any atom is 0.252 e. The lowest BCUT2D eigenvalue weighted by atomic mass is 10.0. The van der Waals surface area contributed by atoms with E-state index in [4.69, 9.17) is 0 Å². The van der Waals surface area contributed by atoms with Crippen molar-refractivity contribution >= 4 is 11.8 Å². The van der Waals surface area contributed by atoms with Crippen LogP contribution in [0.5, 0.6) is 0 Å². The van der Waals surface area contributed by atoms with E-state index in [1.807, 2.05) is 0 Å². The molecule has 2 heterocycles. The van der Waals surface area contributed by atoms with Gasteiger partial charge in [0.1, 0.15) is 17.7 Å². The minimum Gasteiger partial charge on any atom is -0.340 e. The van der Waals surface area contributed by atoms with Crippen LogP contribution in [0, 0.1) is 11.6 Å². The molecule has 1 aromatic carbocycles. The van der Waals surface area contributed by atoms with Crippen molar-refractivity contribution in [3.8, 4) is 0 Å². The summed E-state index contributed by atoms with van der Waals surface area (Å²) in [5.74, 6) is -1.96. The highest BCUT2D eigenvalue weighted by molar-refractivity contribution is 5.97. The number of nitrogens with zero attached hydrogens (tertiary/aromatic N) is 2. The normalized spacial score (nSPS) is 17.4. The summed E-state index contributed by atoms with van der Waals surface area (Å²) >= 11 is 0. The van der Waals surface area contributed by atoms with Gasteiger partial charge in [0, 0.05) is 42.7 Å². The Morgan fingerprint density at radius 3 is 2.72 bits per heavy atom. The molecule has 3 rings (SSSR count). The first kappa shape index (κ1) is 17.0. The maximum absolute atomic E-state index is 13.8. The maximum atomic E-state index is 13.8. The summed E-state index contributed by atoms with van der Waals surface area (Å²) in [6.07, 6.45) is 4.22. The number of carbonyl (C=O) groups excluding carboxylic acids is 2. The Bertz CT molecular complexity index is 783. The van der Waals surface area contributed by atoms with Gasteiger partial charge < -0.3 is 10.2 Å². The summed E-state index contributed by atoms with van der Waals surface area (Å²) in [5.41, 5.74) is 0.667. The van der Waals surface area contributed by atoms with Gasteiger partial charge in [-0.15, -0.1) is 0 Å². The van der Waals surface area contributed by atoms with Gasteiger partial charge in [0.15, 0.2) is 0 Å². The lowest BCUT2D eigenvalue weighted by Crippen LogP contribution is -2.51. The number of halogens is 2. The van der Waals surface area contributed by atoms with E-state index in [0.29, 0.717) is 24.9 Å². The van der Waals surface area contributed by atoms with E-state index in [-0.39, 0.29) is 23.9 Å². The fourth-order valence-corrected chi connectivity index (χ4v) is 2.83. The van der Waals surface area contributed by atoms with Crippen LogP contribution in [0.3, 0.4) is 0 Å². The molecule has 7 heteroatoms. The van der Waals surface area contributed by atoms with Gasteiger partial charge in [0.2, 0.25) is 5.91 Å².